The average molecular weight is 473 g/mol. The molecule has 1 saturated heterocycles. The van der Waals surface area contributed by atoms with E-state index in [1.807, 2.05) is 20.8 Å². The van der Waals surface area contributed by atoms with Gasteiger partial charge < -0.3 is 25.4 Å². The number of nitrogens with one attached hydrogen (secondary N) is 2. The van der Waals surface area contributed by atoms with Crippen molar-refractivity contribution in [2.45, 2.75) is 84.7 Å². The number of hydrogen-bond donors (Lipinski definition) is 3. The van der Waals surface area contributed by atoms with E-state index in [4.69, 9.17) is 10.00 Å². The molecule has 186 valence electrons. The minimum absolute atomic E-state index is 0.00918. The highest BCUT2D eigenvalue weighted by Gasteiger charge is 2.45. The Morgan fingerprint density at radius 1 is 1.12 bits per heavy atom. The molecule has 0 saturated carbocycles. The van der Waals surface area contributed by atoms with Crippen LogP contribution in [0.5, 0.6) is 0 Å². The van der Waals surface area contributed by atoms with E-state index in [9.17, 15) is 19.5 Å². The number of benzene rings is 1. The fraction of sp³-hybridized carbons (Fsp3) is 0.600. The fourth-order valence-electron chi connectivity index (χ4n) is 3.79. The molecule has 34 heavy (non-hydrogen) atoms. The molecular weight excluding hydrogens is 436 g/mol. The Morgan fingerprint density at radius 3 is 2.21 bits per heavy atom. The zero-order chi connectivity index (χ0) is 25.8. The lowest BCUT2D eigenvalue weighted by Crippen LogP contribution is -2.58. The van der Waals surface area contributed by atoms with Gasteiger partial charge in [0.2, 0.25) is 11.8 Å². The number of amides is 3. The Labute approximate surface area is 201 Å². The number of β-amino-alcohol motifs (C(OH)–C–C–N with tert-alkyl or cyclic N) is 1. The molecular formula is C25H36N4O5. The van der Waals surface area contributed by atoms with Crippen molar-refractivity contribution in [3.05, 3.63) is 35.4 Å². The number of nitriles is 1. The predicted molar refractivity (Wildman–Crippen MR) is 126 cm³/mol. The Balaban J connectivity index is 2.18. The van der Waals surface area contributed by atoms with Crippen LogP contribution in [0.2, 0.25) is 0 Å². The van der Waals surface area contributed by atoms with E-state index in [2.05, 4.69) is 16.7 Å². The van der Waals surface area contributed by atoms with Crippen LogP contribution >= 0.6 is 0 Å². The summed E-state index contributed by atoms with van der Waals surface area (Å²) < 4.78 is 5.32. The lowest BCUT2D eigenvalue weighted by molar-refractivity contribution is -0.142. The Morgan fingerprint density at radius 2 is 1.71 bits per heavy atom. The number of likely N-dealkylation sites (tertiary alicyclic amines) is 1. The van der Waals surface area contributed by atoms with Crippen LogP contribution in [0.3, 0.4) is 0 Å². The fourth-order valence-corrected chi connectivity index (χ4v) is 3.79. The van der Waals surface area contributed by atoms with Crippen LogP contribution in [-0.4, -0.2) is 58.2 Å². The highest BCUT2D eigenvalue weighted by atomic mass is 16.6. The van der Waals surface area contributed by atoms with Crippen LogP contribution in [0, 0.1) is 16.7 Å². The molecule has 0 aromatic heterocycles. The van der Waals surface area contributed by atoms with Gasteiger partial charge in [-0.2, -0.15) is 5.26 Å². The topological polar surface area (TPSA) is 132 Å². The Kier molecular flexibility index (Phi) is 8.32. The van der Waals surface area contributed by atoms with Gasteiger partial charge in [0.1, 0.15) is 17.7 Å². The van der Waals surface area contributed by atoms with Crippen LogP contribution in [0.15, 0.2) is 24.3 Å². The predicted octanol–water partition coefficient (Wildman–Crippen LogP) is 2.64. The lowest BCUT2D eigenvalue weighted by atomic mass is 9.85. The first-order valence-electron chi connectivity index (χ1n) is 11.4. The second-order valence-electron chi connectivity index (χ2n) is 10.8. The molecule has 1 aromatic carbocycles. The first-order valence-corrected chi connectivity index (χ1v) is 11.4. The highest BCUT2D eigenvalue weighted by molar-refractivity contribution is 5.92. The van der Waals surface area contributed by atoms with Gasteiger partial charge in [0.25, 0.3) is 0 Å². The van der Waals surface area contributed by atoms with E-state index in [0.717, 1.165) is 5.56 Å². The molecule has 4 atom stereocenters. The summed E-state index contributed by atoms with van der Waals surface area (Å²) >= 11 is 0. The summed E-state index contributed by atoms with van der Waals surface area (Å²) in [6.07, 6.45) is -1.48. The van der Waals surface area contributed by atoms with Crippen LogP contribution in [0.1, 0.15) is 72.1 Å². The maximum Gasteiger partial charge on any atom is 0.408 e. The monoisotopic (exact) mass is 472 g/mol. The SMILES string of the molecule is C[C@H](NC(=O)[C@@H]1C[C@@H](O)CN1C(=O)[C@@H](NC(=O)OC(C)(C)C)C(C)(C)C)c1ccc(C#N)cc1. The van der Waals surface area contributed by atoms with Gasteiger partial charge in [-0.25, -0.2) is 4.79 Å². The number of carbonyl (C=O) groups excluding carboxylic acids is 3. The van der Waals surface area contributed by atoms with Gasteiger partial charge in [-0.1, -0.05) is 32.9 Å². The Hall–Kier alpha value is -3.12. The van der Waals surface area contributed by atoms with E-state index >= 15 is 0 Å². The van der Waals surface area contributed by atoms with Crippen molar-refractivity contribution in [1.82, 2.24) is 15.5 Å². The van der Waals surface area contributed by atoms with Gasteiger partial charge in [-0.15, -0.1) is 0 Å². The number of aliphatic hydroxyl groups excluding tert-OH is 1. The second kappa shape index (κ2) is 10.4. The summed E-state index contributed by atoms with van der Waals surface area (Å²) in [7, 11) is 0. The van der Waals surface area contributed by atoms with Crippen LogP contribution in [-0.2, 0) is 14.3 Å². The van der Waals surface area contributed by atoms with Crippen LogP contribution < -0.4 is 10.6 Å². The number of hydrogen-bond acceptors (Lipinski definition) is 6. The van der Waals surface area contributed by atoms with Crippen molar-refractivity contribution < 1.29 is 24.2 Å². The first kappa shape index (κ1) is 27.1. The molecule has 1 heterocycles. The van der Waals surface area contributed by atoms with E-state index in [0.29, 0.717) is 5.56 Å². The molecule has 3 amide bonds. The molecule has 2 rings (SSSR count). The smallest absolute Gasteiger partial charge is 0.408 e. The second-order valence-corrected chi connectivity index (χ2v) is 10.8. The molecule has 1 fully saturated rings. The third-order valence-corrected chi connectivity index (χ3v) is 5.54. The normalized spacial score (nSPS) is 20.1. The maximum atomic E-state index is 13.5. The first-order chi connectivity index (χ1) is 15.6. The van der Waals surface area contributed by atoms with Crippen LogP contribution in [0.25, 0.3) is 0 Å². The molecule has 0 spiro atoms. The van der Waals surface area contributed by atoms with Gasteiger partial charge in [0.05, 0.1) is 23.8 Å². The minimum atomic E-state index is -0.959. The highest BCUT2D eigenvalue weighted by Crippen LogP contribution is 2.27. The average Bonchev–Trinajstić information content (AvgIpc) is 3.11. The van der Waals surface area contributed by atoms with Gasteiger partial charge in [0.15, 0.2) is 0 Å². The van der Waals surface area contributed by atoms with Crippen molar-refractivity contribution in [3.63, 3.8) is 0 Å². The molecule has 0 bridgehead atoms. The summed E-state index contributed by atoms with van der Waals surface area (Å²) in [5, 5.41) is 24.8. The number of rotatable bonds is 5. The van der Waals surface area contributed by atoms with E-state index in [1.54, 1.807) is 52.0 Å². The van der Waals surface area contributed by atoms with Crippen molar-refractivity contribution >= 4 is 17.9 Å². The maximum absolute atomic E-state index is 13.5. The van der Waals surface area contributed by atoms with Gasteiger partial charge in [-0.3, -0.25) is 9.59 Å². The summed E-state index contributed by atoms with van der Waals surface area (Å²) in [5.41, 5.74) is -0.0755. The zero-order valence-corrected chi connectivity index (χ0v) is 21.0. The third kappa shape index (κ3) is 7.19. The minimum Gasteiger partial charge on any atom is -0.444 e. The van der Waals surface area contributed by atoms with E-state index in [1.165, 1.54) is 4.90 Å². The number of ether oxygens (including phenoxy) is 1. The molecule has 1 aliphatic heterocycles. The molecule has 1 aromatic rings. The molecule has 3 N–H and O–H groups in total. The quantitative estimate of drug-likeness (QED) is 0.604. The van der Waals surface area contributed by atoms with Crippen molar-refractivity contribution in [1.29, 1.82) is 5.26 Å². The summed E-state index contributed by atoms with van der Waals surface area (Å²) in [6.45, 7) is 12.4. The zero-order valence-electron chi connectivity index (χ0n) is 21.0. The van der Waals surface area contributed by atoms with E-state index < -0.39 is 47.1 Å². The standard InChI is InChI=1S/C25H36N4O5/c1-15(17-10-8-16(13-26)9-11-17)27-21(31)19-12-18(30)14-29(19)22(32)20(24(2,3)4)28-23(33)34-25(5,6)7/h8-11,15,18-20,30H,12,14H2,1-7H3,(H,27,31)(H,28,33)/t15-,18+,19-,20+/m0/s1. The Bertz CT molecular complexity index is 940. The van der Waals surface area contributed by atoms with Gasteiger partial charge in [-0.05, 0) is 50.8 Å². The van der Waals surface area contributed by atoms with Crippen molar-refractivity contribution in [2.24, 2.45) is 5.41 Å². The number of nitrogens with zero attached hydrogens (tertiary/aromatic N) is 2. The summed E-state index contributed by atoms with van der Waals surface area (Å²) in [5.74, 6) is -0.854. The summed E-state index contributed by atoms with van der Waals surface area (Å²) in [4.78, 5) is 40.4. The summed E-state index contributed by atoms with van der Waals surface area (Å²) in [6, 6.07) is 6.70. The molecule has 1 aliphatic rings. The number of alkyl carbamates (subject to hydrolysis) is 1. The van der Waals surface area contributed by atoms with Crippen molar-refractivity contribution in [3.8, 4) is 6.07 Å². The number of carbonyl (C=O) groups is 3. The number of aliphatic hydroxyl groups is 1. The molecule has 9 nitrogen and oxygen atoms in total. The molecule has 0 aliphatic carbocycles. The van der Waals surface area contributed by atoms with Gasteiger partial charge in [0, 0.05) is 13.0 Å². The third-order valence-electron chi connectivity index (χ3n) is 5.54. The largest absolute Gasteiger partial charge is 0.444 e. The van der Waals surface area contributed by atoms with Gasteiger partial charge >= 0.3 is 6.09 Å². The molecule has 9 heteroatoms. The van der Waals surface area contributed by atoms with E-state index in [-0.39, 0.29) is 19.0 Å². The molecule has 0 radical (unpaired) electrons. The lowest BCUT2D eigenvalue weighted by Gasteiger charge is -2.35. The van der Waals surface area contributed by atoms with Crippen LogP contribution in [0.4, 0.5) is 4.79 Å². The van der Waals surface area contributed by atoms with Crippen molar-refractivity contribution in [2.75, 3.05) is 6.54 Å². The molecule has 0 unspecified atom stereocenters.